The number of halogens is 1. The molecule has 2 aromatic rings. The van der Waals surface area contributed by atoms with Crippen molar-refractivity contribution >= 4 is 21.7 Å². The van der Waals surface area contributed by atoms with Gasteiger partial charge in [-0.05, 0) is 18.6 Å². The van der Waals surface area contributed by atoms with Crippen LogP contribution in [0.2, 0.25) is 0 Å². The van der Waals surface area contributed by atoms with Crippen molar-refractivity contribution in [1.82, 2.24) is 9.78 Å². The van der Waals surface area contributed by atoms with Crippen LogP contribution in [0.1, 0.15) is 16.8 Å². The van der Waals surface area contributed by atoms with Crippen LogP contribution in [0.25, 0.3) is 0 Å². The van der Waals surface area contributed by atoms with Crippen LogP contribution in [0.5, 0.6) is 0 Å². The topological polar surface area (TPSA) is 44.9 Å². The van der Waals surface area contributed by atoms with Gasteiger partial charge >= 0.3 is 0 Å². The minimum absolute atomic E-state index is 0.636. The fourth-order valence-corrected chi connectivity index (χ4v) is 2.58. The van der Waals surface area contributed by atoms with E-state index in [0.29, 0.717) is 5.56 Å². The largest absolute Gasteiger partial charge is 0.354 e. The van der Waals surface area contributed by atoms with Gasteiger partial charge < -0.3 is 4.90 Å². The lowest BCUT2D eigenvalue weighted by Crippen LogP contribution is -2.20. The Balaban J connectivity index is 2.34. The van der Waals surface area contributed by atoms with Crippen molar-refractivity contribution in [2.75, 3.05) is 11.9 Å². The van der Waals surface area contributed by atoms with E-state index < -0.39 is 0 Å². The third kappa shape index (κ3) is 2.64. The zero-order valence-corrected chi connectivity index (χ0v) is 12.8. The molecule has 1 aromatic heterocycles. The van der Waals surface area contributed by atoms with E-state index in [9.17, 15) is 5.26 Å². The molecule has 4 nitrogen and oxygen atoms in total. The predicted molar refractivity (Wildman–Crippen MR) is 78.9 cm³/mol. The van der Waals surface area contributed by atoms with Crippen LogP contribution in [-0.2, 0) is 13.6 Å². The standard InChI is InChI=1S/C14H15BrN4/c1-10-12(8-16)14(19(3)17-10)18(2)9-11-6-4-5-7-13(11)15/h4-7H,9H2,1-3H3. The highest BCUT2D eigenvalue weighted by molar-refractivity contribution is 9.10. The molecule has 19 heavy (non-hydrogen) atoms. The maximum atomic E-state index is 9.24. The molecule has 5 heteroatoms. The summed E-state index contributed by atoms with van der Waals surface area (Å²) in [4.78, 5) is 2.04. The van der Waals surface area contributed by atoms with Crippen molar-refractivity contribution in [3.63, 3.8) is 0 Å². The van der Waals surface area contributed by atoms with Crippen LogP contribution in [-0.4, -0.2) is 16.8 Å². The Kier molecular flexibility index (Phi) is 3.91. The van der Waals surface area contributed by atoms with E-state index in [1.165, 1.54) is 5.56 Å². The van der Waals surface area contributed by atoms with Gasteiger partial charge in [0.05, 0.1) is 5.69 Å². The molecule has 1 aromatic carbocycles. The first-order chi connectivity index (χ1) is 9.04. The quantitative estimate of drug-likeness (QED) is 0.873. The molecule has 0 bridgehead atoms. The fraction of sp³-hybridized carbons (Fsp3) is 0.286. The molecule has 0 N–H and O–H groups in total. The van der Waals surface area contributed by atoms with Gasteiger partial charge in [0, 0.05) is 25.1 Å². The van der Waals surface area contributed by atoms with Gasteiger partial charge in [-0.1, -0.05) is 34.1 Å². The normalized spacial score (nSPS) is 10.3. The summed E-state index contributed by atoms with van der Waals surface area (Å²) >= 11 is 3.54. The van der Waals surface area contributed by atoms with E-state index in [1.807, 2.05) is 44.1 Å². The second-order valence-electron chi connectivity index (χ2n) is 4.47. The van der Waals surface area contributed by atoms with Crippen LogP contribution in [0.4, 0.5) is 5.82 Å². The number of anilines is 1. The predicted octanol–water partition coefficient (Wildman–Crippen LogP) is 3.00. The van der Waals surface area contributed by atoms with Gasteiger partial charge in [-0.2, -0.15) is 10.4 Å². The lowest BCUT2D eigenvalue weighted by atomic mass is 10.2. The highest BCUT2D eigenvalue weighted by Gasteiger charge is 2.17. The van der Waals surface area contributed by atoms with Gasteiger partial charge in [0.2, 0.25) is 0 Å². The molecule has 0 spiro atoms. The molecule has 0 saturated carbocycles. The molecule has 98 valence electrons. The van der Waals surface area contributed by atoms with E-state index in [-0.39, 0.29) is 0 Å². The fourth-order valence-electron chi connectivity index (χ4n) is 2.17. The monoisotopic (exact) mass is 318 g/mol. The van der Waals surface area contributed by atoms with Gasteiger partial charge in [0.25, 0.3) is 0 Å². The van der Waals surface area contributed by atoms with Crippen molar-refractivity contribution in [2.45, 2.75) is 13.5 Å². The van der Waals surface area contributed by atoms with Gasteiger partial charge in [-0.25, -0.2) is 0 Å². The summed E-state index contributed by atoms with van der Waals surface area (Å²) in [5.74, 6) is 0.843. The number of aromatic nitrogens is 2. The Labute approximate surface area is 121 Å². The smallest absolute Gasteiger partial charge is 0.145 e. The summed E-state index contributed by atoms with van der Waals surface area (Å²) in [6.45, 7) is 2.57. The highest BCUT2D eigenvalue weighted by Crippen LogP contribution is 2.24. The first-order valence-electron chi connectivity index (χ1n) is 5.92. The minimum Gasteiger partial charge on any atom is -0.354 e. The second kappa shape index (κ2) is 5.45. The summed E-state index contributed by atoms with van der Waals surface area (Å²) in [6, 6.07) is 10.3. The van der Waals surface area contributed by atoms with Gasteiger partial charge in [0.15, 0.2) is 0 Å². The number of rotatable bonds is 3. The minimum atomic E-state index is 0.636. The number of nitrogens with zero attached hydrogens (tertiary/aromatic N) is 4. The molecule has 0 atom stereocenters. The Morgan fingerprint density at radius 3 is 2.74 bits per heavy atom. The van der Waals surface area contributed by atoms with Crippen molar-refractivity contribution < 1.29 is 0 Å². The number of hydrogen-bond donors (Lipinski definition) is 0. The van der Waals surface area contributed by atoms with Crippen LogP contribution in [0, 0.1) is 18.3 Å². The van der Waals surface area contributed by atoms with Gasteiger partial charge in [-0.15, -0.1) is 0 Å². The summed E-state index contributed by atoms with van der Waals surface area (Å²) in [5.41, 5.74) is 2.57. The summed E-state index contributed by atoms with van der Waals surface area (Å²) < 4.78 is 2.82. The number of hydrogen-bond acceptors (Lipinski definition) is 3. The van der Waals surface area contributed by atoms with Crippen LogP contribution in [0.15, 0.2) is 28.7 Å². The maximum Gasteiger partial charge on any atom is 0.145 e. The van der Waals surface area contributed by atoms with Gasteiger partial charge in [0.1, 0.15) is 17.5 Å². The van der Waals surface area contributed by atoms with E-state index in [2.05, 4.69) is 33.2 Å². The molecule has 2 rings (SSSR count). The lowest BCUT2D eigenvalue weighted by Gasteiger charge is -2.20. The van der Waals surface area contributed by atoms with Gasteiger partial charge in [-0.3, -0.25) is 4.68 Å². The average Bonchev–Trinajstić information content (AvgIpc) is 2.66. The Morgan fingerprint density at radius 2 is 2.11 bits per heavy atom. The number of benzene rings is 1. The molecule has 0 amide bonds. The first-order valence-corrected chi connectivity index (χ1v) is 6.72. The summed E-state index contributed by atoms with van der Waals surface area (Å²) in [5, 5.41) is 13.6. The average molecular weight is 319 g/mol. The number of aryl methyl sites for hydroxylation is 2. The molecule has 0 radical (unpaired) electrons. The van der Waals surface area contributed by atoms with E-state index in [4.69, 9.17) is 0 Å². The molecule has 0 aliphatic carbocycles. The first kappa shape index (κ1) is 13.6. The van der Waals surface area contributed by atoms with Crippen LogP contribution in [0.3, 0.4) is 0 Å². The summed E-state index contributed by atoms with van der Waals surface area (Å²) in [7, 11) is 3.83. The molecule has 0 aliphatic rings. The SMILES string of the molecule is Cc1nn(C)c(N(C)Cc2ccccc2Br)c1C#N. The van der Waals surface area contributed by atoms with Crippen molar-refractivity contribution in [1.29, 1.82) is 5.26 Å². The Hall–Kier alpha value is -1.80. The molecular formula is C14H15BrN4. The zero-order chi connectivity index (χ0) is 14.0. The molecule has 0 saturated heterocycles. The molecule has 0 fully saturated rings. The number of nitriles is 1. The van der Waals surface area contributed by atoms with Crippen molar-refractivity contribution in [3.05, 3.63) is 45.6 Å². The molecule has 1 heterocycles. The van der Waals surface area contributed by atoms with Crippen molar-refractivity contribution in [2.24, 2.45) is 7.05 Å². The second-order valence-corrected chi connectivity index (χ2v) is 5.32. The summed E-state index contributed by atoms with van der Waals surface area (Å²) in [6.07, 6.45) is 0. The maximum absolute atomic E-state index is 9.24. The van der Waals surface area contributed by atoms with Crippen LogP contribution >= 0.6 is 15.9 Å². The zero-order valence-electron chi connectivity index (χ0n) is 11.2. The third-order valence-corrected chi connectivity index (χ3v) is 3.80. The third-order valence-electron chi connectivity index (χ3n) is 3.03. The molecule has 0 unspecified atom stereocenters. The van der Waals surface area contributed by atoms with E-state index in [1.54, 1.807) is 4.68 Å². The van der Waals surface area contributed by atoms with E-state index >= 15 is 0 Å². The van der Waals surface area contributed by atoms with E-state index in [0.717, 1.165) is 22.5 Å². The molecule has 0 aliphatic heterocycles. The van der Waals surface area contributed by atoms with Crippen molar-refractivity contribution in [3.8, 4) is 6.07 Å². The lowest BCUT2D eigenvalue weighted by molar-refractivity contribution is 0.726. The highest BCUT2D eigenvalue weighted by atomic mass is 79.9. The van der Waals surface area contributed by atoms with Crippen LogP contribution < -0.4 is 4.90 Å². The Bertz CT molecular complexity index is 639. The molecular weight excluding hydrogens is 304 g/mol. The Morgan fingerprint density at radius 1 is 1.42 bits per heavy atom.